The van der Waals surface area contributed by atoms with Gasteiger partial charge in [-0.25, -0.2) is 0 Å². The SMILES string of the molecule is O=C(O)Cc1ccccc1OCC[C@@H]1Oc2ccccc2N(CCCCCCF)C1=O. The molecule has 1 N–H and O–H groups in total. The zero-order chi connectivity index (χ0) is 22.1. The second kappa shape index (κ2) is 11.3. The number of ether oxygens (including phenoxy) is 2. The van der Waals surface area contributed by atoms with Crippen molar-refractivity contribution in [3.8, 4) is 11.5 Å². The number of amides is 1. The topological polar surface area (TPSA) is 76.1 Å². The fourth-order valence-corrected chi connectivity index (χ4v) is 3.64. The Balaban J connectivity index is 1.62. The van der Waals surface area contributed by atoms with E-state index in [-0.39, 0.29) is 25.6 Å². The van der Waals surface area contributed by atoms with Crippen molar-refractivity contribution in [1.82, 2.24) is 0 Å². The summed E-state index contributed by atoms with van der Waals surface area (Å²) in [6, 6.07) is 14.4. The van der Waals surface area contributed by atoms with E-state index in [4.69, 9.17) is 14.6 Å². The van der Waals surface area contributed by atoms with Crippen molar-refractivity contribution in [3.63, 3.8) is 0 Å². The molecular formula is C24H28FNO5. The van der Waals surface area contributed by atoms with Gasteiger partial charge in [0, 0.05) is 18.5 Å². The number of benzene rings is 2. The average Bonchev–Trinajstić information content (AvgIpc) is 2.76. The maximum Gasteiger partial charge on any atom is 0.307 e. The number of carbonyl (C=O) groups excluding carboxylic acids is 1. The largest absolute Gasteiger partial charge is 0.493 e. The summed E-state index contributed by atoms with van der Waals surface area (Å²) in [5.41, 5.74) is 1.34. The smallest absolute Gasteiger partial charge is 0.307 e. The molecule has 1 aliphatic rings. The van der Waals surface area contributed by atoms with E-state index in [0.717, 1.165) is 24.9 Å². The molecule has 0 aliphatic carbocycles. The maximum absolute atomic E-state index is 13.1. The third-order valence-electron chi connectivity index (χ3n) is 5.18. The molecule has 0 spiro atoms. The van der Waals surface area contributed by atoms with Gasteiger partial charge in [0.2, 0.25) is 0 Å². The molecule has 0 aromatic heterocycles. The van der Waals surface area contributed by atoms with Gasteiger partial charge in [0.25, 0.3) is 5.91 Å². The minimum absolute atomic E-state index is 0.119. The lowest BCUT2D eigenvalue weighted by atomic mass is 10.1. The number of anilines is 1. The quantitative estimate of drug-likeness (QED) is 0.506. The fraction of sp³-hybridized carbons (Fsp3) is 0.417. The van der Waals surface area contributed by atoms with Crippen LogP contribution in [0.15, 0.2) is 48.5 Å². The molecule has 0 bridgehead atoms. The van der Waals surface area contributed by atoms with Gasteiger partial charge in [0.15, 0.2) is 6.10 Å². The average molecular weight is 429 g/mol. The first-order valence-electron chi connectivity index (χ1n) is 10.7. The number of unbranched alkanes of at least 4 members (excludes halogenated alkanes) is 3. The number of carboxylic acid groups (broad SMARTS) is 1. The molecule has 3 rings (SSSR count). The predicted molar refractivity (Wildman–Crippen MR) is 116 cm³/mol. The molecule has 1 heterocycles. The molecular weight excluding hydrogens is 401 g/mol. The van der Waals surface area contributed by atoms with Crippen molar-refractivity contribution in [2.24, 2.45) is 0 Å². The lowest BCUT2D eigenvalue weighted by Gasteiger charge is -2.34. The van der Waals surface area contributed by atoms with E-state index in [9.17, 15) is 14.0 Å². The molecule has 6 nitrogen and oxygen atoms in total. The van der Waals surface area contributed by atoms with Crippen LogP contribution in [0, 0.1) is 0 Å². The highest BCUT2D eigenvalue weighted by atomic mass is 19.1. The zero-order valence-electron chi connectivity index (χ0n) is 17.5. The molecule has 1 amide bonds. The molecule has 0 unspecified atom stereocenters. The van der Waals surface area contributed by atoms with Crippen LogP contribution >= 0.6 is 0 Å². The summed E-state index contributed by atoms with van der Waals surface area (Å²) >= 11 is 0. The first-order valence-corrected chi connectivity index (χ1v) is 10.7. The Morgan fingerprint density at radius 3 is 2.61 bits per heavy atom. The van der Waals surface area contributed by atoms with Gasteiger partial charge in [-0.2, -0.15) is 0 Å². The Bertz CT molecular complexity index is 888. The molecule has 2 aromatic rings. The summed E-state index contributed by atoms with van der Waals surface area (Å²) in [6.45, 7) is 0.473. The molecule has 1 atom stereocenters. The summed E-state index contributed by atoms with van der Waals surface area (Å²) in [7, 11) is 0. The van der Waals surface area contributed by atoms with E-state index in [1.54, 1.807) is 29.2 Å². The van der Waals surface area contributed by atoms with Crippen molar-refractivity contribution in [2.75, 3.05) is 24.7 Å². The van der Waals surface area contributed by atoms with Crippen LogP contribution in [-0.2, 0) is 16.0 Å². The van der Waals surface area contributed by atoms with Gasteiger partial charge >= 0.3 is 5.97 Å². The number of para-hydroxylation sites is 3. The summed E-state index contributed by atoms with van der Waals surface area (Å²) in [6.07, 6.45) is 2.57. The number of rotatable bonds is 12. The molecule has 2 aromatic carbocycles. The van der Waals surface area contributed by atoms with E-state index < -0.39 is 12.1 Å². The summed E-state index contributed by atoms with van der Waals surface area (Å²) in [5, 5.41) is 9.05. The summed E-state index contributed by atoms with van der Waals surface area (Å²) in [5.74, 6) is 0.104. The van der Waals surface area contributed by atoms with Crippen LogP contribution in [0.3, 0.4) is 0 Å². The number of aliphatic carboxylic acids is 1. The second-order valence-corrected chi connectivity index (χ2v) is 7.48. The number of fused-ring (bicyclic) bond motifs is 1. The minimum atomic E-state index is -0.930. The number of hydrogen-bond acceptors (Lipinski definition) is 4. The Kier molecular flexibility index (Phi) is 8.27. The van der Waals surface area contributed by atoms with E-state index in [0.29, 0.717) is 36.4 Å². The number of carboxylic acids is 1. The monoisotopic (exact) mass is 429 g/mol. The van der Waals surface area contributed by atoms with E-state index in [2.05, 4.69) is 0 Å². The fourth-order valence-electron chi connectivity index (χ4n) is 3.64. The number of carbonyl (C=O) groups is 2. The van der Waals surface area contributed by atoms with Crippen molar-refractivity contribution in [1.29, 1.82) is 0 Å². The van der Waals surface area contributed by atoms with Crippen LogP contribution in [-0.4, -0.2) is 42.9 Å². The van der Waals surface area contributed by atoms with Crippen LogP contribution < -0.4 is 14.4 Å². The van der Waals surface area contributed by atoms with Gasteiger partial charge in [-0.15, -0.1) is 0 Å². The third kappa shape index (κ3) is 6.20. The highest BCUT2D eigenvalue weighted by Crippen LogP contribution is 2.34. The Morgan fingerprint density at radius 1 is 1.06 bits per heavy atom. The van der Waals surface area contributed by atoms with Crippen molar-refractivity contribution in [3.05, 3.63) is 54.1 Å². The maximum atomic E-state index is 13.1. The Labute approximate surface area is 181 Å². The number of alkyl halides is 1. The molecule has 166 valence electrons. The van der Waals surface area contributed by atoms with Gasteiger partial charge in [0.05, 0.1) is 25.4 Å². The van der Waals surface area contributed by atoms with Crippen LogP contribution in [0.4, 0.5) is 10.1 Å². The molecule has 0 fully saturated rings. The van der Waals surface area contributed by atoms with Crippen molar-refractivity contribution >= 4 is 17.6 Å². The van der Waals surface area contributed by atoms with Crippen LogP contribution in [0.1, 0.15) is 37.7 Å². The van der Waals surface area contributed by atoms with Gasteiger partial charge < -0.3 is 19.5 Å². The Hall–Kier alpha value is -3.09. The predicted octanol–water partition coefficient (Wildman–Crippen LogP) is 4.41. The second-order valence-electron chi connectivity index (χ2n) is 7.48. The summed E-state index contributed by atoms with van der Waals surface area (Å²) in [4.78, 5) is 25.9. The highest BCUT2D eigenvalue weighted by Gasteiger charge is 2.33. The summed E-state index contributed by atoms with van der Waals surface area (Å²) < 4.78 is 24.0. The van der Waals surface area contributed by atoms with E-state index in [1.807, 2.05) is 24.3 Å². The number of halogens is 1. The molecule has 0 saturated carbocycles. The van der Waals surface area contributed by atoms with Gasteiger partial charge in [0.1, 0.15) is 11.5 Å². The van der Waals surface area contributed by atoms with Gasteiger partial charge in [-0.3, -0.25) is 14.0 Å². The standard InChI is InChI=1S/C24H28FNO5/c25-14-7-1-2-8-15-26-19-10-4-6-12-21(19)31-22(24(26)29)13-16-30-20-11-5-3-9-18(20)17-23(27)28/h3-6,9-12,22H,1-2,7-8,13-17H2,(H,27,28)/t22-/m0/s1. The minimum Gasteiger partial charge on any atom is -0.493 e. The van der Waals surface area contributed by atoms with Gasteiger partial charge in [-0.1, -0.05) is 43.2 Å². The van der Waals surface area contributed by atoms with Crippen molar-refractivity contribution < 1.29 is 28.6 Å². The van der Waals surface area contributed by atoms with E-state index in [1.165, 1.54) is 0 Å². The first kappa shape index (κ1) is 22.6. The third-order valence-corrected chi connectivity index (χ3v) is 5.18. The number of hydrogen-bond donors (Lipinski definition) is 1. The molecule has 0 radical (unpaired) electrons. The first-order chi connectivity index (χ1) is 15.1. The van der Waals surface area contributed by atoms with Crippen LogP contribution in [0.25, 0.3) is 0 Å². The zero-order valence-corrected chi connectivity index (χ0v) is 17.5. The molecule has 1 aliphatic heterocycles. The lowest BCUT2D eigenvalue weighted by molar-refractivity contribution is -0.136. The van der Waals surface area contributed by atoms with Crippen molar-refractivity contribution in [2.45, 2.75) is 44.6 Å². The molecule has 0 saturated heterocycles. The normalized spacial score (nSPS) is 15.3. The number of nitrogens with zero attached hydrogens (tertiary/aromatic N) is 1. The van der Waals surface area contributed by atoms with Crippen LogP contribution in [0.2, 0.25) is 0 Å². The van der Waals surface area contributed by atoms with Gasteiger partial charge in [-0.05, 0) is 31.0 Å². The molecule has 31 heavy (non-hydrogen) atoms. The Morgan fingerprint density at radius 2 is 1.81 bits per heavy atom. The highest BCUT2D eigenvalue weighted by molar-refractivity contribution is 6.00. The van der Waals surface area contributed by atoms with E-state index >= 15 is 0 Å². The van der Waals surface area contributed by atoms with Crippen LogP contribution in [0.5, 0.6) is 11.5 Å². The lowest BCUT2D eigenvalue weighted by Crippen LogP contribution is -2.47. The molecule has 7 heteroatoms.